The maximum absolute atomic E-state index is 14.4. The normalized spacial score (nSPS) is 21.2. The van der Waals surface area contributed by atoms with Crippen LogP contribution in [0.15, 0.2) is 12.7 Å². The van der Waals surface area contributed by atoms with E-state index in [1.807, 2.05) is 69.2 Å². The van der Waals surface area contributed by atoms with Crippen molar-refractivity contribution in [3.8, 4) is 0 Å². The zero-order valence-corrected chi connectivity index (χ0v) is 32.0. The van der Waals surface area contributed by atoms with Gasteiger partial charge in [0.2, 0.25) is 29.4 Å². The van der Waals surface area contributed by atoms with E-state index in [-0.39, 0.29) is 56.6 Å². The van der Waals surface area contributed by atoms with E-state index in [0.717, 1.165) is 6.42 Å². The lowest BCUT2D eigenvalue weighted by molar-refractivity contribution is -0.153. The van der Waals surface area contributed by atoms with E-state index in [4.69, 9.17) is 0 Å². The highest BCUT2D eigenvalue weighted by Crippen LogP contribution is 2.34. The monoisotopic (exact) mass is 702 g/mol. The van der Waals surface area contributed by atoms with E-state index < -0.39 is 69.9 Å². The average molecular weight is 703 g/mol. The number of ketones is 1. The fourth-order valence-electron chi connectivity index (χ4n) is 6.64. The maximum Gasteiger partial charge on any atom is 0.315 e. The van der Waals surface area contributed by atoms with Crippen molar-refractivity contribution in [3.63, 3.8) is 0 Å². The second kappa shape index (κ2) is 17.4. The quantitative estimate of drug-likeness (QED) is 0.115. The molecule has 2 heterocycles. The first-order chi connectivity index (χ1) is 23.1. The van der Waals surface area contributed by atoms with E-state index in [2.05, 4.69) is 27.8 Å². The second-order valence-corrected chi connectivity index (χ2v) is 16.8. The Labute approximate surface area is 298 Å². The first kappa shape index (κ1) is 42.4. The summed E-state index contributed by atoms with van der Waals surface area (Å²) in [6.07, 6.45) is 4.69. The number of imide groups is 1. The number of amides is 7. The third-order valence-corrected chi connectivity index (χ3v) is 9.54. The molecule has 7 amide bonds. The van der Waals surface area contributed by atoms with Gasteiger partial charge in [0.05, 0.1) is 12.1 Å². The molecule has 2 rings (SSSR count). The van der Waals surface area contributed by atoms with Crippen molar-refractivity contribution in [1.29, 1.82) is 0 Å². The Morgan fingerprint density at radius 3 is 2.02 bits per heavy atom. The van der Waals surface area contributed by atoms with E-state index >= 15 is 0 Å². The third kappa shape index (κ3) is 11.4. The number of carbonyl (C=O) groups excluding carboxylic acids is 7. The summed E-state index contributed by atoms with van der Waals surface area (Å²) in [6.45, 7) is 22.7. The van der Waals surface area contributed by atoms with Crippen LogP contribution in [0, 0.1) is 22.2 Å². The van der Waals surface area contributed by atoms with E-state index in [1.165, 1.54) is 15.9 Å². The Hall–Kier alpha value is -3.77. The van der Waals surface area contributed by atoms with E-state index in [1.54, 1.807) is 0 Å². The molecular weight excluding hydrogens is 640 g/mol. The summed E-state index contributed by atoms with van der Waals surface area (Å²) < 4.78 is 0. The Kier molecular flexibility index (Phi) is 14.8. The van der Waals surface area contributed by atoms with Crippen molar-refractivity contribution in [2.24, 2.45) is 22.2 Å². The molecule has 0 spiro atoms. The molecule has 5 atom stereocenters. The zero-order valence-electron chi connectivity index (χ0n) is 32.0. The van der Waals surface area contributed by atoms with Crippen molar-refractivity contribution in [1.82, 2.24) is 31.1 Å². The summed E-state index contributed by atoms with van der Waals surface area (Å²) >= 11 is 0. The number of hydrogen-bond donors (Lipinski definition) is 4. The number of hydrogen-bond acceptors (Lipinski definition) is 7. The lowest BCUT2D eigenvalue weighted by Crippen LogP contribution is -2.62. The SMILES string of the molecule is C=CCNC(=O)C(=O)C(CCC)NC(=O)C1[C@@H](CCC)CCN1C(=O)[C@@H](NC(=O)NC(CN1C(=O)CC(C)(C)CC1=O)C(C)(C)C)C(C)(C)C. The molecule has 50 heavy (non-hydrogen) atoms. The molecule has 0 aliphatic carbocycles. The first-order valence-corrected chi connectivity index (χ1v) is 18.0. The van der Waals surface area contributed by atoms with Gasteiger partial charge in [-0.05, 0) is 41.4 Å². The summed E-state index contributed by atoms with van der Waals surface area (Å²) in [5.74, 6) is -3.29. The Balaban J connectivity index is 2.32. The van der Waals surface area contributed by atoms with Crippen LogP contribution in [0.2, 0.25) is 0 Å². The van der Waals surface area contributed by atoms with Crippen LogP contribution in [0.4, 0.5) is 4.79 Å². The fourth-order valence-corrected chi connectivity index (χ4v) is 6.64. The van der Waals surface area contributed by atoms with Crippen LogP contribution < -0.4 is 21.3 Å². The van der Waals surface area contributed by atoms with Gasteiger partial charge >= 0.3 is 6.03 Å². The van der Waals surface area contributed by atoms with Crippen LogP contribution >= 0.6 is 0 Å². The minimum absolute atomic E-state index is 0.00484. The minimum Gasteiger partial charge on any atom is -0.346 e. The molecule has 13 heteroatoms. The molecule has 0 aromatic carbocycles. The minimum atomic E-state index is -1.06. The molecule has 0 saturated carbocycles. The highest BCUT2D eigenvalue weighted by Gasteiger charge is 2.47. The van der Waals surface area contributed by atoms with Crippen molar-refractivity contribution >= 4 is 41.4 Å². The summed E-state index contributed by atoms with van der Waals surface area (Å²) in [6, 6.07) is -4.26. The number of rotatable bonds is 15. The van der Waals surface area contributed by atoms with Crippen molar-refractivity contribution in [2.75, 3.05) is 19.6 Å². The molecule has 2 saturated heterocycles. The molecule has 282 valence electrons. The first-order valence-electron chi connectivity index (χ1n) is 18.0. The Bertz CT molecular complexity index is 1280. The van der Waals surface area contributed by atoms with Gasteiger partial charge in [-0.1, -0.05) is 88.2 Å². The highest BCUT2D eigenvalue weighted by molar-refractivity contribution is 6.38. The van der Waals surface area contributed by atoms with Crippen LogP contribution in [0.3, 0.4) is 0 Å². The van der Waals surface area contributed by atoms with Gasteiger partial charge in [0, 0.05) is 32.5 Å². The van der Waals surface area contributed by atoms with Gasteiger partial charge in [-0.3, -0.25) is 33.7 Å². The number of likely N-dealkylation sites (tertiary alicyclic amines) is 2. The topological polar surface area (TPSA) is 174 Å². The van der Waals surface area contributed by atoms with Gasteiger partial charge in [-0.15, -0.1) is 6.58 Å². The standard InChI is InChI=1S/C37H62N6O7/c1-12-15-23-17-19-42(28(23)31(47)39-24(16-13-2)29(46)32(48)38-18-14-3)33(49)30(36(7,8)9)41-34(50)40-25(35(4,5)6)22-43-26(44)20-37(10,11)21-27(43)45/h14,23-25,28,30H,3,12-13,15-22H2,1-2,4-11H3,(H,38,48)(H,39,47)(H2,40,41,50)/t23-,24?,25?,28?,30+/m0/s1. The van der Waals surface area contributed by atoms with Crippen LogP contribution in [0.5, 0.6) is 0 Å². The summed E-state index contributed by atoms with van der Waals surface area (Å²) in [4.78, 5) is 96.0. The van der Waals surface area contributed by atoms with Gasteiger partial charge in [0.25, 0.3) is 5.91 Å². The molecule has 2 aliphatic heterocycles. The molecule has 2 aliphatic rings. The third-order valence-electron chi connectivity index (χ3n) is 9.54. The fraction of sp³-hybridized carbons (Fsp3) is 0.757. The second-order valence-electron chi connectivity index (χ2n) is 16.8. The number of nitrogens with one attached hydrogen (secondary N) is 4. The number of Topliss-reactive ketones (excluding diaryl/α,β-unsaturated/α-hetero) is 1. The number of piperidine rings is 1. The number of urea groups is 1. The Morgan fingerprint density at radius 2 is 1.52 bits per heavy atom. The molecule has 4 N–H and O–H groups in total. The van der Waals surface area contributed by atoms with Gasteiger partial charge in [0.1, 0.15) is 12.1 Å². The number of carbonyl (C=O) groups is 7. The van der Waals surface area contributed by atoms with E-state index in [9.17, 15) is 33.6 Å². The van der Waals surface area contributed by atoms with Crippen molar-refractivity contribution in [3.05, 3.63) is 12.7 Å². The molecule has 13 nitrogen and oxygen atoms in total. The largest absolute Gasteiger partial charge is 0.346 e. The van der Waals surface area contributed by atoms with Crippen molar-refractivity contribution in [2.45, 2.75) is 138 Å². The van der Waals surface area contributed by atoms with Gasteiger partial charge in [-0.25, -0.2) is 4.79 Å². The molecule has 0 aromatic rings. The summed E-state index contributed by atoms with van der Waals surface area (Å²) in [7, 11) is 0. The smallest absolute Gasteiger partial charge is 0.315 e. The lowest BCUT2D eigenvalue weighted by Gasteiger charge is -2.40. The van der Waals surface area contributed by atoms with Gasteiger partial charge < -0.3 is 26.2 Å². The van der Waals surface area contributed by atoms with Crippen molar-refractivity contribution < 1.29 is 33.6 Å². The van der Waals surface area contributed by atoms with Crippen LogP contribution in [0.1, 0.15) is 114 Å². The van der Waals surface area contributed by atoms with E-state index in [0.29, 0.717) is 19.3 Å². The molecule has 0 aromatic heterocycles. The van der Waals surface area contributed by atoms with Gasteiger partial charge in [0.15, 0.2) is 0 Å². The summed E-state index contributed by atoms with van der Waals surface area (Å²) in [5.41, 5.74) is -1.75. The summed E-state index contributed by atoms with van der Waals surface area (Å²) in [5, 5.41) is 11.0. The predicted molar refractivity (Wildman–Crippen MR) is 191 cm³/mol. The zero-order chi connectivity index (χ0) is 38.2. The predicted octanol–water partition coefficient (Wildman–Crippen LogP) is 3.46. The number of nitrogens with zero attached hydrogens (tertiary/aromatic N) is 2. The Morgan fingerprint density at radius 1 is 0.920 bits per heavy atom. The molecule has 3 unspecified atom stereocenters. The van der Waals surface area contributed by atoms with Crippen LogP contribution in [-0.2, 0) is 28.8 Å². The van der Waals surface area contributed by atoms with Gasteiger partial charge in [-0.2, -0.15) is 0 Å². The van der Waals surface area contributed by atoms with Crippen LogP contribution in [0.25, 0.3) is 0 Å². The highest BCUT2D eigenvalue weighted by atomic mass is 16.2. The lowest BCUT2D eigenvalue weighted by atomic mass is 9.80. The molecule has 0 bridgehead atoms. The average Bonchev–Trinajstić information content (AvgIpc) is 3.41. The maximum atomic E-state index is 14.4. The molecule has 2 fully saturated rings. The molecular formula is C37H62N6O7. The van der Waals surface area contributed by atoms with Crippen LogP contribution in [-0.4, -0.2) is 95.0 Å². The molecule has 0 radical (unpaired) electrons.